The van der Waals surface area contributed by atoms with Gasteiger partial charge in [0.1, 0.15) is 11.6 Å². The summed E-state index contributed by atoms with van der Waals surface area (Å²) in [5.74, 6) is -0.487. The third-order valence-electron chi connectivity index (χ3n) is 3.84. The lowest BCUT2D eigenvalue weighted by Gasteiger charge is -2.25. The minimum absolute atomic E-state index is 0.0819. The number of hydrogen-bond acceptors (Lipinski definition) is 2. The molecule has 0 spiro atoms. The Bertz CT molecular complexity index is 686. The molecule has 1 unspecified atom stereocenters. The van der Waals surface area contributed by atoms with Gasteiger partial charge >= 0.3 is 0 Å². The Labute approximate surface area is 127 Å². The van der Waals surface area contributed by atoms with Crippen LogP contribution in [0.2, 0.25) is 5.02 Å². The first-order valence-electron chi connectivity index (χ1n) is 6.94. The molecule has 2 aromatic rings. The zero-order valence-corrected chi connectivity index (χ0v) is 12.2. The minimum atomic E-state index is -0.479. The van der Waals surface area contributed by atoms with Crippen LogP contribution in [0.3, 0.4) is 0 Å². The van der Waals surface area contributed by atoms with E-state index in [0.29, 0.717) is 5.56 Å². The van der Waals surface area contributed by atoms with E-state index < -0.39 is 5.82 Å². The summed E-state index contributed by atoms with van der Waals surface area (Å²) in [6, 6.07) is 12.4. The van der Waals surface area contributed by atoms with E-state index in [1.165, 1.54) is 12.1 Å². The van der Waals surface area contributed by atoms with Crippen molar-refractivity contribution in [1.82, 2.24) is 0 Å². The van der Waals surface area contributed by atoms with Crippen LogP contribution in [-0.2, 0) is 11.2 Å². The summed E-state index contributed by atoms with van der Waals surface area (Å²) in [6.45, 7) is 0.780. The van der Waals surface area contributed by atoms with Gasteiger partial charge in [-0.05, 0) is 35.7 Å². The predicted molar refractivity (Wildman–Crippen MR) is 82.4 cm³/mol. The Hall–Kier alpha value is -1.87. The number of ketones is 1. The van der Waals surface area contributed by atoms with Gasteiger partial charge in [-0.2, -0.15) is 0 Å². The average molecular weight is 304 g/mol. The number of Topliss-reactive ketones (excluding diaryl/α,β-unsaturated/α-hetero) is 1. The molecule has 0 radical (unpaired) electrons. The van der Waals surface area contributed by atoms with E-state index in [1.54, 1.807) is 6.07 Å². The number of rotatable bonds is 3. The molecule has 1 heterocycles. The first-order chi connectivity index (χ1) is 10.1. The standard InChI is InChI=1S/C17H15ClFNO/c18-14-6-5-11(9-15(14)19)10-17(21)13-7-8-20-16-4-2-1-3-12(13)16/h1-6,9,13,20H,7-8,10H2. The molecule has 0 fully saturated rings. The normalized spacial score (nSPS) is 17.0. The lowest BCUT2D eigenvalue weighted by molar-refractivity contribution is -0.120. The Morgan fingerprint density at radius 2 is 2.10 bits per heavy atom. The number of carbonyl (C=O) groups is 1. The third kappa shape index (κ3) is 2.93. The van der Waals surface area contributed by atoms with Crippen molar-refractivity contribution in [2.45, 2.75) is 18.8 Å². The van der Waals surface area contributed by atoms with E-state index in [9.17, 15) is 9.18 Å². The number of benzene rings is 2. The van der Waals surface area contributed by atoms with E-state index in [-0.39, 0.29) is 23.1 Å². The summed E-state index contributed by atoms with van der Waals surface area (Å²) in [5.41, 5.74) is 2.71. The molecular weight excluding hydrogens is 289 g/mol. The van der Waals surface area contributed by atoms with Gasteiger partial charge in [0.05, 0.1) is 5.02 Å². The monoisotopic (exact) mass is 303 g/mol. The highest BCUT2D eigenvalue weighted by molar-refractivity contribution is 6.30. The summed E-state index contributed by atoms with van der Waals surface area (Å²) in [5, 5.41) is 3.38. The maximum absolute atomic E-state index is 13.5. The van der Waals surface area contributed by atoms with E-state index in [4.69, 9.17) is 11.6 Å². The highest BCUT2D eigenvalue weighted by Crippen LogP contribution is 2.32. The highest BCUT2D eigenvalue weighted by atomic mass is 35.5. The van der Waals surface area contributed by atoms with Gasteiger partial charge in [0.2, 0.25) is 0 Å². The Kier molecular flexibility index (Phi) is 3.93. The quantitative estimate of drug-likeness (QED) is 0.921. The molecule has 0 amide bonds. The molecule has 108 valence electrons. The maximum atomic E-state index is 13.5. The third-order valence-corrected chi connectivity index (χ3v) is 4.14. The fourth-order valence-corrected chi connectivity index (χ4v) is 2.89. The van der Waals surface area contributed by atoms with Gasteiger partial charge in [-0.15, -0.1) is 0 Å². The first kappa shape index (κ1) is 14.1. The topological polar surface area (TPSA) is 29.1 Å². The van der Waals surface area contributed by atoms with Gasteiger partial charge < -0.3 is 5.32 Å². The molecule has 1 aliphatic rings. The van der Waals surface area contributed by atoms with Crippen molar-refractivity contribution < 1.29 is 9.18 Å². The van der Waals surface area contributed by atoms with E-state index in [2.05, 4.69) is 5.32 Å². The smallest absolute Gasteiger partial charge is 0.144 e. The molecule has 4 heteroatoms. The number of anilines is 1. The number of fused-ring (bicyclic) bond motifs is 1. The Morgan fingerprint density at radius 3 is 2.90 bits per heavy atom. The average Bonchev–Trinajstić information content (AvgIpc) is 2.50. The number of nitrogens with one attached hydrogen (secondary N) is 1. The number of hydrogen-bond donors (Lipinski definition) is 1. The molecule has 0 aliphatic carbocycles. The molecule has 0 aromatic heterocycles. The van der Waals surface area contributed by atoms with Crippen molar-refractivity contribution >= 4 is 23.1 Å². The summed E-state index contributed by atoms with van der Waals surface area (Å²) in [6.07, 6.45) is 0.999. The minimum Gasteiger partial charge on any atom is -0.385 e. The largest absolute Gasteiger partial charge is 0.385 e. The summed E-state index contributed by atoms with van der Waals surface area (Å²) >= 11 is 5.66. The predicted octanol–water partition coefficient (Wildman–Crippen LogP) is 4.19. The van der Waals surface area contributed by atoms with Gasteiger partial charge in [0, 0.05) is 24.6 Å². The fourth-order valence-electron chi connectivity index (χ4n) is 2.78. The molecule has 0 saturated carbocycles. The van der Waals surface area contributed by atoms with Crippen LogP contribution < -0.4 is 5.32 Å². The van der Waals surface area contributed by atoms with Gasteiger partial charge in [-0.1, -0.05) is 35.9 Å². The molecule has 21 heavy (non-hydrogen) atoms. The Morgan fingerprint density at radius 1 is 1.29 bits per heavy atom. The van der Waals surface area contributed by atoms with Crippen LogP contribution in [0.4, 0.5) is 10.1 Å². The summed E-state index contributed by atoms with van der Waals surface area (Å²) in [7, 11) is 0. The molecule has 1 N–H and O–H groups in total. The molecule has 0 saturated heterocycles. The van der Waals surface area contributed by atoms with Gasteiger partial charge in [0.25, 0.3) is 0 Å². The zero-order valence-electron chi connectivity index (χ0n) is 11.4. The zero-order chi connectivity index (χ0) is 14.8. The van der Waals surface area contributed by atoms with E-state index >= 15 is 0 Å². The van der Waals surface area contributed by atoms with Crippen LogP contribution in [0.1, 0.15) is 23.5 Å². The molecule has 2 nitrogen and oxygen atoms in total. The van der Waals surface area contributed by atoms with Crippen molar-refractivity contribution in [1.29, 1.82) is 0 Å². The van der Waals surface area contributed by atoms with Crippen LogP contribution in [0.25, 0.3) is 0 Å². The maximum Gasteiger partial charge on any atom is 0.144 e. The van der Waals surface area contributed by atoms with Crippen molar-refractivity contribution in [3.8, 4) is 0 Å². The second-order valence-electron chi connectivity index (χ2n) is 5.25. The van der Waals surface area contributed by atoms with Crippen molar-refractivity contribution in [3.05, 3.63) is 64.4 Å². The Balaban J connectivity index is 1.81. The number of para-hydroxylation sites is 1. The fraction of sp³-hybridized carbons (Fsp3) is 0.235. The van der Waals surface area contributed by atoms with E-state index in [0.717, 1.165) is 24.2 Å². The molecular formula is C17H15ClFNO. The second-order valence-corrected chi connectivity index (χ2v) is 5.65. The van der Waals surface area contributed by atoms with Gasteiger partial charge in [0.15, 0.2) is 0 Å². The summed E-state index contributed by atoms with van der Waals surface area (Å²) in [4.78, 5) is 12.5. The van der Waals surface area contributed by atoms with Crippen LogP contribution in [0.5, 0.6) is 0 Å². The van der Waals surface area contributed by atoms with Crippen LogP contribution in [0, 0.1) is 5.82 Å². The summed E-state index contributed by atoms with van der Waals surface area (Å²) < 4.78 is 13.5. The van der Waals surface area contributed by atoms with Crippen LogP contribution in [-0.4, -0.2) is 12.3 Å². The molecule has 2 aromatic carbocycles. The highest BCUT2D eigenvalue weighted by Gasteiger charge is 2.26. The molecule has 3 rings (SSSR count). The first-order valence-corrected chi connectivity index (χ1v) is 7.32. The van der Waals surface area contributed by atoms with E-state index in [1.807, 2.05) is 24.3 Å². The number of halogens is 2. The molecule has 1 atom stereocenters. The van der Waals surface area contributed by atoms with Crippen LogP contribution in [0.15, 0.2) is 42.5 Å². The van der Waals surface area contributed by atoms with Gasteiger partial charge in [-0.25, -0.2) is 4.39 Å². The van der Waals surface area contributed by atoms with Crippen molar-refractivity contribution in [2.75, 3.05) is 11.9 Å². The lowest BCUT2D eigenvalue weighted by atomic mass is 9.85. The van der Waals surface area contributed by atoms with Crippen molar-refractivity contribution in [3.63, 3.8) is 0 Å². The lowest BCUT2D eigenvalue weighted by Crippen LogP contribution is -2.24. The van der Waals surface area contributed by atoms with Gasteiger partial charge in [-0.3, -0.25) is 4.79 Å². The van der Waals surface area contributed by atoms with Crippen LogP contribution >= 0.6 is 11.6 Å². The van der Waals surface area contributed by atoms with Crippen molar-refractivity contribution in [2.24, 2.45) is 0 Å². The SMILES string of the molecule is O=C(Cc1ccc(Cl)c(F)c1)C1CCNc2ccccc21. The molecule has 0 bridgehead atoms. The number of carbonyl (C=O) groups excluding carboxylic acids is 1. The second kappa shape index (κ2) is 5.86. The molecule has 1 aliphatic heterocycles.